The van der Waals surface area contributed by atoms with Crippen molar-refractivity contribution in [1.29, 1.82) is 0 Å². The summed E-state index contributed by atoms with van der Waals surface area (Å²) < 4.78 is 0.914. The Labute approximate surface area is 97.6 Å². The van der Waals surface area contributed by atoms with Crippen LogP contribution in [-0.2, 0) is 6.54 Å². The van der Waals surface area contributed by atoms with E-state index in [2.05, 4.69) is 25.8 Å². The van der Waals surface area contributed by atoms with Gasteiger partial charge in [-0.05, 0) is 31.5 Å². The van der Waals surface area contributed by atoms with Crippen LogP contribution >= 0.6 is 15.9 Å². The third-order valence-corrected chi connectivity index (χ3v) is 3.53. The van der Waals surface area contributed by atoms with Crippen molar-refractivity contribution in [2.45, 2.75) is 25.8 Å². The molecule has 0 unspecified atom stereocenters. The highest BCUT2D eigenvalue weighted by atomic mass is 79.9. The lowest BCUT2D eigenvalue weighted by Gasteiger charge is -2.26. The lowest BCUT2D eigenvalue weighted by atomic mass is 10.1. The van der Waals surface area contributed by atoms with Crippen LogP contribution in [-0.4, -0.2) is 23.0 Å². The number of nitrogens with zero attached hydrogens (tertiary/aromatic N) is 1. The summed E-state index contributed by atoms with van der Waals surface area (Å²) >= 11 is 3.43. The molecule has 1 aliphatic rings. The molecule has 0 bridgehead atoms. The van der Waals surface area contributed by atoms with Crippen molar-refractivity contribution in [2.24, 2.45) is 0 Å². The summed E-state index contributed by atoms with van der Waals surface area (Å²) in [7, 11) is 0. The fraction of sp³-hybridized carbons (Fsp3) is 0.545. The molecule has 1 aliphatic heterocycles. The molecule has 0 atom stereocenters. The van der Waals surface area contributed by atoms with Crippen LogP contribution in [0.3, 0.4) is 0 Å². The number of H-pyrrole nitrogens is 1. The van der Waals surface area contributed by atoms with Gasteiger partial charge in [-0.2, -0.15) is 0 Å². The van der Waals surface area contributed by atoms with Gasteiger partial charge in [0.15, 0.2) is 0 Å². The van der Waals surface area contributed by atoms with E-state index in [0.717, 1.165) is 16.6 Å². The number of likely N-dealkylation sites (tertiary alicyclic amines) is 1. The van der Waals surface area contributed by atoms with E-state index in [0.29, 0.717) is 0 Å². The molecule has 2 heterocycles. The zero-order valence-corrected chi connectivity index (χ0v) is 10.2. The van der Waals surface area contributed by atoms with Crippen molar-refractivity contribution in [3.8, 4) is 0 Å². The molecule has 3 nitrogen and oxygen atoms in total. The van der Waals surface area contributed by atoms with Crippen molar-refractivity contribution in [3.05, 3.63) is 32.7 Å². The second-order valence-electron chi connectivity index (χ2n) is 4.01. The Kier molecular flexibility index (Phi) is 3.59. The Morgan fingerprint density at radius 3 is 2.73 bits per heavy atom. The predicted molar refractivity (Wildman–Crippen MR) is 63.9 cm³/mol. The van der Waals surface area contributed by atoms with Gasteiger partial charge in [0, 0.05) is 23.3 Å². The Balaban J connectivity index is 2.06. The van der Waals surface area contributed by atoms with Crippen LogP contribution in [0.5, 0.6) is 0 Å². The third-order valence-electron chi connectivity index (χ3n) is 2.80. The maximum absolute atomic E-state index is 11.0. The first-order chi connectivity index (χ1) is 7.25. The van der Waals surface area contributed by atoms with Crippen LogP contribution in [0, 0.1) is 0 Å². The van der Waals surface area contributed by atoms with E-state index >= 15 is 0 Å². The van der Waals surface area contributed by atoms with Gasteiger partial charge in [-0.15, -0.1) is 0 Å². The first-order valence-corrected chi connectivity index (χ1v) is 6.14. The maximum atomic E-state index is 11.0. The minimum atomic E-state index is -0.0516. The van der Waals surface area contributed by atoms with E-state index in [1.165, 1.54) is 32.4 Å². The SMILES string of the molecule is O=c1cc(Br)c(CN2CCCCC2)c[nH]1. The van der Waals surface area contributed by atoms with E-state index in [1.54, 1.807) is 12.3 Å². The van der Waals surface area contributed by atoms with Crippen LogP contribution in [0.4, 0.5) is 0 Å². The van der Waals surface area contributed by atoms with Gasteiger partial charge in [0.25, 0.3) is 0 Å². The molecule has 0 aliphatic carbocycles. The lowest BCUT2D eigenvalue weighted by Crippen LogP contribution is -2.29. The number of piperidine rings is 1. The first-order valence-electron chi connectivity index (χ1n) is 5.35. The minimum absolute atomic E-state index is 0.0516. The van der Waals surface area contributed by atoms with Gasteiger partial charge in [-0.1, -0.05) is 22.4 Å². The average Bonchev–Trinajstić information content (AvgIpc) is 2.24. The standard InChI is InChI=1S/C11H15BrN2O/c12-10-6-11(15)13-7-9(10)8-14-4-2-1-3-5-14/h6-7H,1-5,8H2,(H,13,15). The molecule has 82 valence electrons. The molecule has 0 spiro atoms. The van der Waals surface area contributed by atoms with Crippen LogP contribution in [0.15, 0.2) is 21.5 Å². The number of hydrogen-bond donors (Lipinski definition) is 1. The van der Waals surface area contributed by atoms with E-state index in [1.807, 2.05) is 0 Å². The monoisotopic (exact) mass is 270 g/mol. The lowest BCUT2D eigenvalue weighted by molar-refractivity contribution is 0.220. The summed E-state index contributed by atoms with van der Waals surface area (Å²) in [5, 5.41) is 0. The quantitative estimate of drug-likeness (QED) is 0.894. The summed E-state index contributed by atoms with van der Waals surface area (Å²) in [4.78, 5) is 16.2. The van der Waals surface area contributed by atoms with Crippen molar-refractivity contribution < 1.29 is 0 Å². The number of nitrogens with one attached hydrogen (secondary N) is 1. The van der Waals surface area contributed by atoms with Crippen LogP contribution in [0.25, 0.3) is 0 Å². The number of hydrogen-bond acceptors (Lipinski definition) is 2. The molecule has 1 fully saturated rings. The molecule has 4 heteroatoms. The summed E-state index contributed by atoms with van der Waals surface area (Å²) in [6.45, 7) is 3.27. The van der Waals surface area contributed by atoms with Gasteiger partial charge in [-0.3, -0.25) is 9.69 Å². The fourth-order valence-corrected chi connectivity index (χ4v) is 2.40. The van der Waals surface area contributed by atoms with Gasteiger partial charge < -0.3 is 4.98 Å². The molecule has 0 radical (unpaired) electrons. The maximum Gasteiger partial charge on any atom is 0.249 e. The average molecular weight is 271 g/mol. The van der Waals surface area contributed by atoms with Gasteiger partial charge in [0.2, 0.25) is 5.56 Å². The second kappa shape index (κ2) is 4.94. The third kappa shape index (κ3) is 2.92. The topological polar surface area (TPSA) is 36.1 Å². The molecule has 15 heavy (non-hydrogen) atoms. The van der Waals surface area contributed by atoms with E-state index < -0.39 is 0 Å². The summed E-state index contributed by atoms with van der Waals surface area (Å²) in [5.41, 5.74) is 1.11. The smallest absolute Gasteiger partial charge is 0.249 e. The second-order valence-corrected chi connectivity index (χ2v) is 4.86. The van der Waals surface area contributed by atoms with Crippen molar-refractivity contribution in [1.82, 2.24) is 9.88 Å². The summed E-state index contributed by atoms with van der Waals surface area (Å²) in [6.07, 6.45) is 5.74. The van der Waals surface area contributed by atoms with Crippen LogP contribution in [0.2, 0.25) is 0 Å². The van der Waals surface area contributed by atoms with Gasteiger partial charge >= 0.3 is 0 Å². The van der Waals surface area contributed by atoms with Crippen molar-refractivity contribution >= 4 is 15.9 Å². The molecule has 1 saturated heterocycles. The number of aromatic amines is 1. The molecule has 0 amide bonds. The highest BCUT2D eigenvalue weighted by Crippen LogP contribution is 2.17. The van der Waals surface area contributed by atoms with E-state index in [4.69, 9.17) is 0 Å². The van der Waals surface area contributed by atoms with Gasteiger partial charge in [0.05, 0.1) is 0 Å². The zero-order chi connectivity index (χ0) is 10.7. The Hall–Kier alpha value is -0.610. The summed E-state index contributed by atoms with van der Waals surface area (Å²) in [6, 6.07) is 1.60. The van der Waals surface area contributed by atoms with Crippen LogP contribution in [0.1, 0.15) is 24.8 Å². The van der Waals surface area contributed by atoms with Gasteiger partial charge in [0.1, 0.15) is 0 Å². The van der Waals surface area contributed by atoms with Crippen molar-refractivity contribution in [3.63, 3.8) is 0 Å². The Morgan fingerprint density at radius 1 is 1.33 bits per heavy atom. The molecular weight excluding hydrogens is 256 g/mol. The van der Waals surface area contributed by atoms with Crippen LogP contribution < -0.4 is 5.56 Å². The zero-order valence-electron chi connectivity index (χ0n) is 8.63. The molecule has 0 aromatic carbocycles. The normalized spacial score (nSPS) is 17.9. The number of halogens is 1. The largest absolute Gasteiger partial charge is 0.329 e. The van der Waals surface area contributed by atoms with Crippen molar-refractivity contribution in [2.75, 3.05) is 13.1 Å². The molecular formula is C11H15BrN2O. The molecule has 1 aromatic rings. The Morgan fingerprint density at radius 2 is 2.07 bits per heavy atom. The Bertz CT molecular complexity index is 382. The number of rotatable bonds is 2. The molecule has 2 rings (SSSR count). The number of aromatic nitrogens is 1. The highest BCUT2D eigenvalue weighted by molar-refractivity contribution is 9.10. The highest BCUT2D eigenvalue weighted by Gasteiger charge is 2.11. The molecule has 1 aromatic heterocycles. The first kappa shape index (κ1) is 10.9. The molecule has 1 N–H and O–H groups in total. The fourth-order valence-electron chi connectivity index (χ4n) is 1.96. The number of pyridine rings is 1. The van der Waals surface area contributed by atoms with E-state index in [9.17, 15) is 4.79 Å². The van der Waals surface area contributed by atoms with Gasteiger partial charge in [-0.25, -0.2) is 0 Å². The van der Waals surface area contributed by atoms with E-state index in [-0.39, 0.29) is 5.56 Å². The summed E-state index contributed by atoms with van der Waals surface area (Å²) in [5.74, 6) is 0. The molecule has 0 saturated carbocycles. The minimum Gasteiger partial charge on any atom is -0.329 e. The predicted octanol–water partition coefficient (Wildman–Crippen LogP) is 2.12.